The summed E-state index contributed by atoms with van der Waals surface area (Å²) in [7, 11) is 0. The lowest BCUT2D eigenvalue weighted by molar-refractivity contribution is -0.137. The summed E-state index contributed by atoms with van der Waals surface area (Å²) < 4.78 is 46.0. The molecule has 0 bridgehead atoms. The molecule has 3 aromatic rings. The standard InChI is InChI=1S/C25H24F3NO5/c1-15(23(31)17-2-7-19(30)8-3-17)29-12-13-34-20-9-4-16(5-10-20)21-11-6-18(24(32)33)14-22(21)25(26,27)28/h2-11,14-15,23,29-31H,12-13H2,1H3,(H,32,33)/t15-,23-/m1/s1. The Morgan fingerprint density at radius 1 is 1.03 bits per heavy atom. The van der Waals surface area contributed by atoms with Gasteiger partial charge in [0.1, 0.15) is 18.1 Å². The van der Waals surface area contributed by atoms with Crippen molar-refractivity contribution < 1.29 is 38.0 Å². The van der Waals surface area contributed by atoms with E-state index in [4.69, 9.17) is 9.84 Å². The third-order valence-corrected chi connectivity index (χ3v) is 5.28. The van der Waals surface area contributed by atoms with Crippen LogP contribution in [-0.2, 0) is 6.18 Å². The van der Waals surface area contributed by atoms with E-state index in [0.29, 0.717) is 23.9 Å². The van der Waals surface area contributed by atoms with Crippen molar-refractivity contribution in [2.75, 3.05) is 13.2 Å². The summed E-state index contributed by atoms with van der Waals surface area (Å²) in [6.07, 6.45) is -5.49. The minimum absolute atomic E-state index is 0.114. The summed E-state index contributed by atoms with van der Waals surface area (Å²) in [5.74, 6) is -0.866. The second kappa shape index (κ2) is 10.6. The molecule has 180 valence electrons. The molecule has 0 aliphatic rings. The van der Waals surface area contributed by atoms with Gasteiger partial charge in [0.15, 0.2) is 0 Å². The normalized spacial score (nSPS) is 13.3. The lowest BCUT2D eigenvalue weighted by Gasteiger charge is -2.21. The van der Waals surface area contributed by atoms with E-state index in [2.05, 4.69) is 5.32 Å². The highest BCUT2D eigenvalue weighted by molar-refractivity contribution is 5.89. The number of benzene rings is 3. The molecule has 0 aromatic heterocycles. The van der Waals surface area contributed by atoms with Crippen molar-refractivity contribution >= 4 is 5.97 Å². The van der Waals surface area contributed by atoms with Gasteiger partial charge in [0.05, 0.1) is 17.2 Å². The van der Waals surface area contributed by atoms with E-state index < -0.39 is 29.4 Å². The second-order valence-electron chi connectivity index (χ2n) is 7.72. The number of carbonyl (C=O) groups is 1. The summed E-state index contributed by atoms with van der Waals surface area (Å²) in [6, 6.07) is 14.9. The molecule has 3 aromatic carbocycles. The summed E-state index contributed by atoms with van der Waals surface area (Å²) in [6.45, 7) is 2.47. The average Bonchev–Trinajstić information content (AvgIpc) is 2.81. The number of hydrogen-bond acceptors (Lipinski definition) is 5. The summed E-state index contributed by atoms with van der Waals surface area (Å²) in [5.41, 5.74) is -0.646. The topological polar surface area (TPSA) is 99.0 Å². The lowest BCUT2D eigenvalue weighted by Crippen LogP contribution is -2.35. The number of halogens is 3. The van der Waals surface area contributed by atoms with Crippen LogP contribution in [0.4, 0.5) is 13.2 Å². The van der Waals surface area contributed by atoms with Crippen LogP contribution in [0.15, 0.2) is 66.7 Å². The molecule has 0 saturated heterocycles. The number of hydrogen-bond donors (Lipinski definition) is 4. The Morgan fingerprint density at radius 3 is 2.26 bits per heavy atom. The molecule has 0 aliphatic heterocycles. The van der Waals surface area contributed by atoms with Crippen LogP contribution < -0.4 is 10.1 Å². The van der Waals surface area contributed by atoms with Gasteiger partial charge in [-0.1, -0.05) is 30.3 Å². The number of nitrogens with one attached hydrogen (secondary N) is 1. The van der Waals surface area contributed by atoms with Gasteiger partial charge in [-0.2, -0.15) is 13.2 Å². The van der Waals surface area contributed by atoms with Crippen LogP contribution in [0.1, 0.15) is 34.5 Å². The molecule has 4 N–H and O–H groups in total. The first-order chi connectivity index (χ1) is 16.1. The van der Waals surface area contributed by atoms with Crippen LogP contribution in [0.2, 0.25) is 0 Å². The zero-order valence-electron chi connectivity index (χ0n) is 18.2. The van der Waals surface area contributed by atoms with Crippen molar-refractivity contribution in [1.29, 1.82) is 0 Å². The number of carboxylic acid groups (broad SMARTS) is 1. The Balaban J connectivity index is 1.58. The zero-order valence-corrected chi connectivity index (χ0v) is 18.2. The van der Waals surface area contributed by atoms with Crippen molar-refractivity contribution in [2.45, 2.75) is 25.2 Å². The Kier molecular flexibility index (Phi) is 7.80. The predicted octanol–water partition coefficient (Wildman–Crippen LogP) is 4.87. The first-order valence-electron chi connectivity index (χ1n) is 10.4. The van der Waals surface area contributed by atoms with Gasteiger partial charge in [0, 0.05) is 12.6 Å². The highest BCUT2D eigenvalue weighted by atomic mass is 19.4. The molecular formula is C25H24F3NO5. The largest absolute Gasteiger partial charge is 0.508 e. The van der Waals surface area contributed by atoms with Gasteiger partial charge in [0.2, 0.25) is 0 Å². The van der Waals surface area contributed by atoms with Crippen LogP contribution in [-0.4, -0.2) is 40.5 Å². The molecule has 0 spiro atoms. The van der Waals surface area contributed by atoms with Crippen molar-refractivity contribution in [3.63, 3.8) is 0 Å². The molecule has 0 heterocycles. The number of rotatable bonds is 9. The van der Waals surface area contributed by atoms with Crippen LogP contribution >= 0.6 is 0 Å². The van der Waals surface area contributed by atoms with E-state index in [1.54, 1.807) is 19.1 Å². The van der Waals surface area contributed by atoms with Crippen molar-refractivity contribution in [1.82, 2.24) is 5.32 Å². The molecule has 3 rings (SSSR count). The van der Waals surface area contributed by atoms with Gasteiger partial charge in [-0.05, 0) is 60.0 Å². The van der Waals surface area contributed by atoms with E-state index in [1.165, 1.54) is 36.4 Å². The maximum absolute atomic E-state index is 13.5. The Bertz CT molecular complexity index is 1110. The fraction of sp³-hybridized carbons (Fsp3) is 0.240. The maximum atomic E-state index is 13.5. The highest BCUT2D eigenvalue weighted by Gasteiger charge is 2.34. The zero-order chi connectivity index (χ0) is 24.9. The van der Waals surface area contributed by atoms with E-state index >= 15 is 0 Å². The first kappa shape index (κ1) is 25.1. The number of aliphatic hydroxyl groups is 1. The summed E-state index contributed by atoms with van der Waals surface area (Å²) in [4.78, 5) is 11.0. The van der Waals surface area contributed by atoms with E-state index in [-0.39, 0.29) is 29.5 Å². The van der Waals surface area contributed by atoms with Gasteiger partial charge < -0.3 is 25.4 Å². The quantitative estimate of drug-likeness (QED) is 0.330. The molecule has 0 saturated carbocycles. The number of ether oxygens (including phenoxy) is 1. The van der Waals surface area contributed by atoms with Crippen molar-refractivity contribution in [2.24, 2.45) is 0 Å². The average molecular weight is 475 g/mol. The van der Waals surface area contributed by atoms with Gasteiger partial charge in [-0.15, -0.1) is 0 Å². The molecule has 0 radical (unpaired) electrons. The highest BCUT2D eigenvalue weighted by Crippen LogP contribution is 2.38. The number of carboxylic acids is 1. The Morgan fingerprint density at radius 2 is 1.68 bits per heavy atom. The van der Waals surface area contributed by atoms with E-state index in [0.717, 1.165) is 12.1 Å². The van der Waals surface area contributed by atoms with Crippen molar-refractivity contribution in [3.8, 4) is 22.6 Å². The molecule has 0 unspecified atom stereocenters. The SMILES string of the molecule is C[C@@H](NCCOc1ccc(-c2ccc(C(=O)O)cc2C(F)(F)F)cc1)[C@@H](O)c1ccc(O)cc1. The summed E-state index contributed by atoms with van der Waals surface area (Å²) >= 11 is 0. The van der Waals surface area contributed by atoms with Crippen molar-refractivity contribution in [3.05, 3.63) is 83.4 Å². The molecule has 6 nitrogen and oxygen atoms in total. The Labute approximate surface area is 194 Å². The minimum Gasteiger partial charge on any atom is -0.508 e. The number of phenols is 1. The fourth-order valence-electron chi connectivity index (χ4n) is 3.42. The minimum atomic E-state index is -4.71. The van der Waals surface area contributed by atoms with E-state index in [9.17, 15) is 28.2 Å². The number of aromatic carboxylic acids is 1. The maximum Gasteiger partial charge on any atom is 0.417 e. The first-order valence-corrected chi connectivity index (χ1v) is 10.4. The van der Waals surface area contributed by atoms with Crippen LogP contribution in [0.25, 0.3) is 11.1 Å². The number of aliphatic hydroxyl groups excluding tert-OH is 1. The Hall–Kier alpha value is -3.56. The molecule has 2 atom stereocenters. The molecule has 0 fully saturated rings. The lowest BCUT2D eigenvalue weighted by atomic mass is 9.97. The molecule has 9 heteroatoms. The molecule has 34 heavy (non-hydrogen) atoms. The predicted molar refractivity (Wildman–Crippen MR) is 120 cm³/mol. The fourth-order valence-corrected chi connectivity index (χ4v) is 3.42. The summed E-state index contributed by atoms with van der Waals surface area (Å²) in [5, 5.41) is 31.8. The van der Waals surface area contributed by atoms with Gasteiger partial charge in [-0.25, -0.2) is 4.79 Å². The molecule has 0 aliphatic carbocycles. The number of alkyl halides is 3. The number of aromatic hydroxyl groups is 1. The van der Waals surface area contributed by atoms with Crippen LogP contribution in [0.5, 0.6) is 11.5 Å². The van der Waals surface area contributed by atoms with Gasteiger partial charge >= 0.3 is 12.1 Å². The third kappa shape index (κ3) is 6.27. The third-order valence-electron chi connectivity index (χ3n) is 5.28. The number of phenolic OH excluding ortho intramolecular Hbond substituents is 1. The van der Waals surface area contributed by atoms with Gasteiger partial charge in [0.25, 0.3) is 0 Å². The monoisotopic (exact) mass is 475 g/mol. The second-order valence-corrected chi connectivity index (χ2v) is 7.72. The van der Waals surface area contributed by atoms with Crippen LogP contribution in [0, 0.1) is 0 Å². The van der Waals surface area contributed by atoms with E-state index in [1.807, 2.05) is 0 Å². The molecule has 0 amide bonds. The smallest absolute Gasteiger partial charge is 0.417 e. The van der Waals surface area contributed by atoms with Crippen LogP contribution in [0.3, 0.4) is 0 Å². The molecular weight excluding hydrogens is 451 g/mol. The van der Waals surface area contributed by atoms with Gasteiger partial charge in [-0.3, -0.25) is 0 Å².